The first-order valence-electron chi connectivity index (χ1n) is 19.5. The summed E-state index contributed by atoms with van der Waals surface area (Å²) in [7, 11) is 0. The predicted molar refractivity (Wildman–Crippen MR) is 238 cm³/mol. The van der Waals surface area contributed by atoms with E-state index in [9.17, 15) is 0 Å². The average Bonchev–Trinajstić information content (AvgIpc) is 3.50. The summed E-state index contributed by atoms with van der Waals surface area (Å²) in [5, 5.41) is 2.49. The van der Waals surface area contributed by atoms with Crippen molar-refractivity contribution in [3.63, 3.8) is 0 Å². The highest BCUT2D eigenvalue weighted by atomic mass is 15.1. The second-order valence-electron chi connectivity index (χ2n) is 15.3. The zero-order chi connectivity index (χ0) is 37.6. The van der Waals surface area contributed by atoms with Gasteiger partial charge in [0.1, 0.15) is 0 Å². The van der Waals surface area contributed by atoms with Gasteiger partial charge in [-0.15, -0.1) is 0 Å². The van der Waals surface area contributed by atoms with Crippen LogP contribution in [0.2, 0.25) is 0 Å². The van der Waals surface area contributed by atoms with Gasteiger partial charge in [0, 0.05) is 16.7 Å². The van der Waals surface area contributed by atoms with Crippen molar-refractivity contribution in [1.29, 1.82) is 0 Å². The van der Waals surface area contributed by atoms with Crippen molar-refractivity contribution in [3.8, 4) is 55.6 Å². The van der Waals surface area contributed by atoms with Gasteiger partial charge in [0.25, 0.3) is 0 Å². The van der Waals surface area contributed by atoms with E-state index in [0.29, 0.717) is 0 Å². The maximum absolute atomic E-state index is 2.55. The normalized spacial score (nSPS) is 12.6. The summed E-state index contributed by atoms with van der Waals surface area (Å²) < 4.78 is 0. The van der Waals surface area contributed by atoms with E-state index in [-0.39, 0.29) is 5.41 Å². The third-order valence-electron chi connectivity index (χ3n) is 11.7. The highest BCUT2D eigenvalue weighted by Crippen LogP contribution is 2.56. The Morgan fingerprint density at radius 2 is 0.875 bits per heavy atom. The van der Waals surface area contributed by atoms with E-state index in [1.807, 2.05) is 0 Å². The SMILES string of the molecule is CC1(C)c2ccccc2-c2cccc(N(c3cccc(-c4cccc5ccccc45)c3)c3cccc(-c4ccccc4)c3-c3ccccc3-c3ccccc3)c21. The van der Waals surface area contributed by atoms with E-state index in [4.69, 9.17) is 0 Å². The van der Waals surface area contributed by atoms with Gasteiger partial charge in [0.15, 0.2) is 0 Å². The zero-order valence-corrected chi connectivity index (χ0v) is 31.7. The second kappa shape index (κ2) is 13.7. The van der Waals surface area contributed by atoms with Crippen molar-refractivity contribution in [2.45, 2.75) is 19.3 Å². The lowest BCUT2D eigenvalue weighted by Gasteiger charge is -2.34. The average molecular weight is 716 g/mol. The standard InChI is InChI=1S/C55H41N/c1-55(2)50-34-14-13-29-47(50)49-33-18-36-52(54(49)55)56(42-26-15-25-41(37-42)45-31-16-24-39-23-9-10-27-43(39)45)51-35-17-32-46(40-21-7-4-8-22-40)53(51)48-30-12-11-28-44(48)38-19-5-3-6-20-38/h3-37H,1-2H3. The van der Waals surface area contributed by atoms with Gasteiger partial charge in [0.2, 0.25) is 0 Å². The summed E-state index contributed by atoms with van der Waals surface area (Å²) >= 11 is 0. The van der Waals surface area contributed by atoms with E-state index < -0.39 is 0 Å². The van der Waals surface area contributed by atoms with Gasteiger partial charge < -0.3 is 4.90 Å². The second-order valence-corrected chi connectivity index (χ2v) is 15.3. The molecule has 0 aromatic heterocycles. The molecular formula is C55H41N. The molecule has 0 saturated carbocycles. The predicted octanol–water partition coefficient (Wildman–Crippen LogP) is 15.3. The molecule has 9 aromatic carbocycles. The molecule has 56 heavy (non-hydrogen) atoms. The fraction of sp³-hybridized carbons (Fsp3) is 0.0545. The smallest absolute Gasteiger partial charge is 0.0546 e. The van der Waals surface area contributed by atoms with Crippen LogP contribution < -0.4 is 4.90 Å². The third kappa shape index (κ3) is 5.55. The fourth-order valence-electron chi connectivity index (χ4n) is 9.14. The number of anilines is 3. The van der Waals surface area contributed by atoms with Crippen molar-refractivity contribution in [3.05, 3.63) is 223 Å². The highest BCUT2D eigenvalue weighted by Gasteiger charge is 2.39. The van der Waals surface area contributed by atoms with Crippen LogP contribution in [0, 0.1) is 0 Å². The van der Waals surface area contributed by atoms with E-state index in [1.165, 1.54) is 83.2 Å². The van der Waals surface area contributed by atoms with Crippen LogP contribution in [0.25, 0.3) is 66.4 Å². The number of rotatable bonds is 7. The van der Waals surface area contributed by atoms with Crippen molar-refractivity contribution < 1.29 is 0 Å². The summed E-state index contributed by atoms with van der Waals surface area (Å²) in [5.74, 6) is 0. The molecule has 0 amide bonds. The molecule has 0 aliphatic heterocycles. The van der Waals surface area contributed by atoms with Crippen LogP contribution in [0.3, 0.4) is 0 Å². The minimum atomic E-state index is -0.229. The van der Waals surface area contributed by atoms with Gasteiger partial charge in [0.05, 0.1) is 11.4 Å². The molecule has 0 spiro atoms. The van der Waals surface area contributed by atoms with Gasteiger partial charge in [-0.3, -0.25) is 0 Å². The number of hydrogen-bond donors (Lipinski definition) is 0. The van der Waals surface area contributed by atoms with E-state index in [1.54, 1.807) is 0 Å². The third-order valence-corrected chi connectivity index (χ3v) is 11.7. The molecule has 1 heteroatoms. The number of hydrogen-bond acceptors (Lipinski definition) is 1. The Labute approximate surface area is 329 Å². The Morgan fingerprint density at radius 1 is 0.357 bits per heavy atom. The maximum atomic E-state index is 2.55. The monoisotopic (exact) mass is 715 g/mol. The van der Waals surface area contributed by atoms with Crippen LogP contribution in [0.15, 0.2) is 212 Å². The zero-order valence-electron chi connectivity index (χ0n) is 31.7. The molecule has 0 heterocycles. The molecule has 1 aliphatic carbocycles. The number of nitrogens with zero attached hydrogens (tertiary/aromatic N) is 1. The first kappa shape index (κ1) is 33.6. The lowest BCUT2D eigenvalue weighted by atomic mass is 9.81. The Hall–Kier alpha value is -6.96. The summed E-state index contributed by atoms with van der Waals surface area (Å²) in [6, 6.07) is 77.7. The first-order chi connectivity index (χ1) is 27.6. The van der Waals surface area contributed by atoms with Crippen molar-refractivity contribution >= 4 is 27.8 Å². The van der Waals surface area contributed by atoms with Crippen molar-refractivity contribution in [2.75, 3.05) is 4.90 Å². The van der Waals surface area contributed by atoms with Crippen LogP contribution >= 0.6 is 0 Å². The Morgan fingerprint density at radius 3 is 1.66 bits per heavy atom. The molecule has 9 aromatic rings. The molecule has 0 bridgehead atoms. The van der Waals surface area contributed by atoms with E-state index in [2.05, 4.69) is 231 Å². The van der Waals surface area contributed by atoms with Gasteiger partial charge >= 0.3 is 0 Å². The Balaban J connectivity index is 1.30. The molecule has 266 valence electrons. The lowest BCUT2D eigenvalue weighted by molar-refractivity contribution is 0.661. The summed E-state index contributed by atoms with van der Waals surface area (Å²) in [6.45, 7) is 4.77. The van der Waals surface area contributed by atoms with Crippen LogP contribution in [0.5, 0.6) is 0 Å². The molecule has 0 fully saturated rings. The van der Waals surface area contributed by atoms with Gasteiger partial charge in [-0.05, 0) is 96.2 Å². The summed E-state index contributed by atoms with van der Waals surface area (Å²) in [4.78, 5) is 2.55. The quantitative estimate of drug-likeness (QED) is 0.159. The van der Waals surface area contributed by atoms with Gasteiger partial charge in [-0.25, -0.2) is 0 Å². The largest absolute Gasteiger partial charge is 0.309 e. The number of benzene rings is 9. The summed E-state index contributed by atoms with van der Waals surface area (Å²) in [6.07, 6.45) is 0. The maximum Gasteiger partial charge on any atom is 0.0546 e. The molecule has 10 rings (SSSR count). The Kier molecular flexibility index (Phi) is 8.23. The van der Waals surface area contributed by atoms with Gasteiger partial charge in [-0.2, -0.15) is 0 Å². The molecule has 1 nitrogen and oxygen atoms in total. The Bertz CT molecular complexity index is 2880. The molecule has 0 saturated heterocycles. The molecule has 0 N–H and O–H groups in total. The fourth-order valence-corrected chi connectivity index (χ4v) is 9.14. The van der Waals surface area contributed by atoms with Crippen molar-refractivity contribution in [1.82, 2.24) is 0 Å². The molecule has 1 aliphatic rings. The van der Waals surface area contributed by atoms with E-state index in [0.717, 1.165) is 11.4 Å². The van der Waals surface area contributed by atoms with E-state index >= 15 is 0 Å². The van der Waals surface area contributed by atoms with Crippen LogP contribution in [-0.4, -0.2) is 0 Å². The van der Waals surface area contributed by atoms with Crippen LogP contribution in [0.1, 0.15) is 25.0 Å². The first-order valence-corrected chi connectivity index (χ1v) is 19.5. The minimum absolute atomic E-state index is 0.229. The topological polar surface area (TPSA) is 3.24 Å². The highest BCUT2D eigenvalue weighted by molar-refractivity contribution is 6.03. The molecule has 0 atom stereocenters. The number of fused-ring (bicyclic) bond motifs is 4. The van der Waals surface area contributed by atoms with Crippen molar-refractivity contribution in [2.24, 2.45) is 0 Å². The molecule has 0 unspecified atom stereocenters. The molecular weight excluding hydrogens is 675 g/mol. The van der Waals surface area contributed by atoms with Crippen LogP contribution in [0.4, 0.5) is 17.1 Å². The lowest BCUT2D eigenvalue weighted by Crippen LogP contribution is -2.21. The minimum Gasteiger partial charge on any atom is -0.309 e. The van der Waals surface area contributed by atoms with Crippen LogP contribution in [-0.2, 0) is 5.41 Å². The van der Waals surface area contributed by atoms with Gasteiger partial charge in [-0.1, -0.05) is 202 Å². The summed E-state index contributed by atoms with van der Waals surface area (Å²) in [5.41, 5.74) is 18.1. The molecule has 0 radical (unpaired) electrons.